The molecule has 0 radical (unpaired) electrons. The monoisotopic (exact) mass is 536 g/mol. The molecule has 38 heavy (non-hydrogen) atoms. The summed E-state index contributed by atoms with van der Waals surface area (Å²) in [5, 5.41) is 17.8. The van der Waals surface area contributed by atoms with Gasteiger partial charge < -0.3 is 24.6 Å². The second-order valence-corrected chi connectivity index (χ2v) is 11.3. The molecule has 3 aromatic rings. The number of ether oxygens (including phenoxy) is 1. The van der Waals surface area contributed by atoms with E-state index in [1.54, 1.807) is 28.4 Å². The summed E-state index contributed by atoms with van der Waals surface area (Å²) >= 11 is 1.58. The largest absolute Gasteiger partial charge is 0.479 e. The third-order valence-corrected chi connectivity index (χ3v) is 8.50. The van der Waals surface area contributed by atoms with Gasteiger partial charge in [0.15, 0.2) is 11.5 Å². The number of hydrogen-bond acceptors (Lipinski definition) is 9. The number of β-amino-alcohol motifs (C(OH)–C–C–N with tert-alkyl or cyclic N) is 1. The first-order valence-electron chi connectivity index (χ1n) is 12.7. The van der Waals surface area contributed by atoms with E-state index in [4.69, 9.17) is 9.26 Å². The molecule has 1 fully saturated rings. The fourth-order valence-corrected chi connectivity index (χ4v) is 6.19. The van der Waals surface area contributed by atoms with Crippen molar-refractivity contribution >= 4 is 23.0 Å². The molecule has 10 heteroatoms. The maximum Gasteiger partial charge on any atom is 0.254 e. The smallest absolute Gasteiger partial charge is 0.254 e. The molecule has 2 aliphatic rings. The Morgan fingerprint density at radius 1 is 1.32 bits per heavy atom. The van der Waals surface area contributed by atoms with Crippen molar-refractivity contribution in [1.82, 2.24) is 20.4 Å². The third-order valence-electron chi connectivity index (χ3n) is 7.52. The van der Waals surface area contributed by atoms with Gasteiger partial charge in [0.05, 0.1) is 35.3 Å². The molecular formula is C28H32N4O5S. The first-order chi connectivity index (χ1) is 18.1. The molecule has 200 valence electrons. The van der Waals surface area contributed by atoms with Gasteiger partial charge in [-0.3, -0.25) is 9.59 Å². The van der Waals surface area contributed by atoms with Gasteiger partial charge in [0.1, 0.15) is 11.5 Å². The molecule has 4 heterocycles. The van der Waals surface area contributed by atoms with E-state index in [2.05, 4.69) is 15.5 Å². The number of rotatable bonds is 7. The lowest BCUT2D eigenvalue weighted by atomic mass is 9.89. The Labute approximate surface area is 225 Å². The number of nitrogens with zero attached hydrogens (tertiary/aromatic N) is 3. The van der Waals surface area contributed by atoms with Crippen LogP contribution in [0, 0.1) is 12.8 Å². The molecule has 0 aliphatic carbocycles. The number of aliphatic hydroxyl groups excluding tert-OH is 1. The van der Waals surface area contributed by atoms with Crippen molar-refractivity contribution in [3.8, 4) is 16.3 Å². The second kappa shape index (κ2) is 9.99. The summed E-state index contributed by atoms with van der Waals surface area (Å²) in [7, 11) is 1.49. The minimum atomic E-state index is -0.978. The van der Waals surface area contributed by atoms with Crippen LogP contribution in [-0.4, -0.2) is 57.6 Å². The molecular weight excluding hydrogens is 504 g/mol. The molecule has 2 aliphatic heterocycles. The number of aromatic nitrogens is 2. The van der Waals surface area contributed by atoms with Crippen LogP contribution >= 0.6 is 11.3 Å². The normalized spacial score (nSPS) is 24.0. The van der Waals surface area contributed by atoms with Gasteiger partial charge in [-0.25, -0.2) is 4.98 Å². The average Bonchev–Trinajstić information content (AvgIpc) is 3.67. The highest BCUT2D eigenvalue weighted by Gasteiger charge is 2.47. The van der Waals surface area contributed by atoms with Crippen molar-refractivity contribution in [1.29, 1.82) is 0 Å². The van der Waals surface area contributed by atoms with Gasteiger partial charge in [-0.15, -0.1) is 11.3 Å². The van der Waals surface area contributed by atoms with E-state index < -0.39 is 23.6 Å². The highest BCUT2D eigenvalue weighted by molar-refractivity contribution is 7.13. The summed E-state index contributed by atoms with van der Waals surface area (Å²) in [5.41, 5.74) is 4.32. The molecule has 5 rings (SSSR count). The molecule has 4 unspecified atom stereocenters. The summed E-state index contributed by atoms with van der Waals surface area (Å²) in [5.74, 6) is -0.262. The maximum absolute atomic E-state index is 13.8. The first-order valence-corrected chi connectivity index (χ1v) is 13.5. The SMILES string of the molecule is COc1cc(C(C(=O)N2CC(O)CC2C2=CC(=O)C(C)(c3ccc(-c4scnc4C)cc3)N2)C(C)C)on1. The Morgan fingerprint density at radius 3 is 2.66 bits per heavy atom. The number of nitrogens with one attached hydrogen (secondary N) is 1. The Morgan fingerprint density at radius 2 is 2.05 bits per heavy atom. The van der Waals surface area contributed by atoms with Crippen molar-refractivity contribution in [3.63, 3.8) is 0 Å². The van der Waals surface area contributed by atoms with E-state index in [-0.39, 0.29) is 24.2 Å². The van der Waals surface area contributed by atoms with Crippen LogP contribution in [0.15, 0.2) is 52.1 Å². The highest BCUT2D eigenvalue weighted by Crippen LogP contribution is 2.38. The van der Waals surface area contributed by atoms with Gasteiger partial charge in [-0.1, -0.05) is 38.1 Å². The summed E-state index contributed by atoms with van der Waals surface area (Å²) in [6.45, 7) is 7.87. The molecule has 1 aromatic carbocycles. The zero-order valence-electron chi connectivity index (χ0n) is 22.1. The van der Waals surface area contributed by atoms with E-state index in [1.807, 2.05) is 57.5 Å². The van der Waals surface area contributed by atoms with Gasteiger partial charge >= 0.3 is 0 Å². The van der Waals surface area contributed by atoms with Gasteiger partial charge in [0.25, 0.3) is 5.88 Å². The van der Waals surface area contributed by atoms with Gasteiger partial charge in [0, 0.05) is 30.8 Å². The lowest BCUT2D eigenvalue weighted by molar-refractivity contribution is -0.135. The Balaban J connectivity index is 1.39. The molecule has 0 bridgehead atoms. The summed E-state index contributed by atoms with van der Waals surface area (Å²) in [6.07, 6.45) is 1.21. The van der Waals surface area contributed by atoms with Gasteiger partial charge in [0.2, 0.25) is 5.91 Å². The van der Waals surface area contributed by atoms with E-state index >= 15 is 0 Å². The van der Waals surface area contributed by atoms with Crippen molar-refractivity contribution in [2.75, 3.05) is 13.7 Å². The molecule has 1 saturated heterocycles. The molecule has 4 atom stereocenters. The number of carbonyl (C=O) groups excluding carboxylic acids is 2. The minimum absolute atomic E-state index is 0.0864. The fourth-order valence-electron chi connectivity index (χ4n) is 5.38. The van der Waals surface area contributed by atoms with Crippen LogP contribution in [0.2, 0.25) is 0 Å². The number of thiazole rings is 1. The summed E-state index contributed by atoms with van der Waals surface area (Å²) in [6, 6.07) is 9.07. The van der Waals surface area contributed by atoms with Gasteiger partial charge in [-0.05, 0) is 36.0 Å². The number of methoxy groups -OCH3 is 1. The zero-order valence-corrected chi connectivity index (χ0v) is 22.9. The standard InChI is InChI=1S/C28H32N4O5S/c1-15(2)25(22-12-24(36-5)31-37-22)27(35)32-13-19(33)10-21(32)20-11-23(34)28(4,30-20)18-8-6-17(7-9-18)26-16(3)29-14-38-26/h6-9,11-12,14-15,19,21,25,30,33H,10,13H2,1-5H3. The maximum atomic E-state index is 13.8. The van der Waals surface area contributed by atoms with Crippen LogP contribution in [0.25, 0.3) is 10.4 Å². The lowest BCUT2D eigenvalue weighted by Gasteiger charge is -2.32. The molecule has 9 nitrogen and oxygen atoms in total. The third kappa shape index (κ3) is 4.52. The zero-order chi connectivity index (χ0) is 27.2. The van der Waals surface area contributed by atoms with Crippen LogP contribution in [0.1, 0.15) is 50.1 Å². The van der Waals surface area contributed by atoms with Crippen molar-refractivity contribution in [2.24, 2.45) is 5.92 Å². The number of benzene rings is 1. The summed E-state index contributed by atoms with van der Waals surface area (Å²) in [4.78, 5) is 34.2. The number of aryl methyl sites for hydroxylation is 1. The predicted octanol–water partition coefficient (Wildman–Crippen LogP) is 3.79. The molecule has 2 N–H and O–H groups in total. The predicted molar refractivity (Wildman–Crippen MR) is 143 cm³/mol. The number of amides is 1. The quantitative estimate of drug-likeness (QED) is 0.468. The van der Waals surface area contributed by atoms with E-state index in [0.29, 0.717) is 23.8 Å². The molecule has 0 saturated carbocycles. The van der Waals surface area contributed by atoms with E-state index in [0.717, 1.165) is 21.7 Å². The molecule has 1 amide bonds. The topological polar surface area (TPSA) is 118 Å². The lowest BCUT2D eigenvalue weighted by Crippen LogP contribution is -2.46. The van der Waals surface area contributed by atoms with E-state index in [9.17, 15) is 14.7 Å². The highest BCUT2D eigenvalue weighted by atomic mass is 32.1. The van der Waals surface area contributed by atoms with Crippen molar-refractivity contribution in [2.45, 2.75) is 57.7 Å². The van der Waals surface area contributed by atoms with Gasteiger partial charge in [-0.2, -0.15) is 0 Å². The van der Waals surface area contributed by atoms with Crippen LogP contribution in [0.4, 0.5) is 0 Å². The Hall–Kier alpha value is -3.50. The average molecular weight is 537 g/mol. The molecule has 0 spiro atoms. The first kappa shape index (κ1) is 26.1. The number of carbonyl (C=O) groups is 2. The number of aliphatic hydroxyl groups is 1. The number of hydrogen-bond donors (Lipinski definition) is 2. The minimum Gasteiger partial charge on any atom is -0.479 e. The van der Waals surface area contributed by atoms with Crippen LogP contribution in [-0.2, 0) is 15.1 Å². The fraction of sp³-hybridized carbons (Fsp3) is 0.429. The second-order valence-electron chi connectivity index (χ2n) is 10.4. The Kier molecular flexibility index (Phi) is 6.87. The summed E-state index contributed by atoms with van der Waals surface area (Å²) < 4.78 is 10.6. The van der Waals surface area contributed by atoms with Crippen LogP contribution < -0.4 is 10.1 Å². The van der Waals surface area contributed by atoms with Crippen molar-refractivity contribution in [3.05, 3.63) is 64.6 Å². The van der Waals surface area contributed by atoms with Crippen LogP contribution in [0.3, 0.4) is 0 Å². The number of likely N-dealkylation sites (tertiary alicyclic amines) is 1. The van der Waals surface area contributed by atoms with Crippen molar-refractivity contribution < 1.29 is 24.0 Å². The Bertz CT molecular complexity index is 1380. The number of ketones is 1. The molecule has 2 aromatic heterocycles. The van der Waals surface area contributed by atoms with Crippen LogP contribution in [0.5, 0.6) is 5.88 Å². The van der Waals surface area contributed by atoms with E-state index in [1.165, 1.54) is 7.11 Å².